The van der Waals surface area contributed by atoms with E-state index in [0.717, 1.165) is 0 Å². The standard InChI is InChI=1S/C8H13ClN4O2/c1-13(2)7(14)3-4-10-8-12-11-6(5-9)15-8/h3-5H2,1-2H3,(H,10,12). The van der Waals surface area contributed by atoms with Gasteiger partial charge in [-0.05, 0) is 0 Å². The number of nitrogens with zero attached hydrogens (tertiary/aromatic N) is 3. The minimum absolute atomic E-state index is 0.0413. The molecular weight excluding hydrogens is 220 g/mol. The van der Waals surface area contributed by atoms with E-state index >= 15 is 0 Å². The van der Waals surface area contributed by atoms with E-state index in [9.17, 15) is 4.79 Å². The number of anilines is 1. The van der Waals surface area contributed by atoms with Gasteiger partial charge >= 0.3 is 6.01 Å². The summed E-state index contributed by atoms with van der Waals surface area (Å²) >= 11 is 5.48. The maximum Gasteiger partial charge on any atom is 0.315 e. The number of aromatic nitrogens is 2. The lowest BCUT2D eigenvalue weighted by molar-refractivity contribution is -0.128. The molecular formula is C8H13ClN4O2. The van der Waals surface area contributed by atoms with E-state index in [-0.39, 0.29) is 17.8 Å². The van der Waals surface area contributed by atoms with Gasteiger partial charge in [-0.3, -0.25) is 4.79 Å². The molecule has 15 heavy (non-hydrogen) atoms. The molecule has 0 aliphatic rings. The van der Waals surface area contributed by atoms with Gasteiger partial charge < -0.3 is 14.6 Å². The fraction of sp³-hybridized carbons (Fsp3) is 0.625. The Morgan fingerprint density at radius 2 is 2.27 bits per heavy atom. The first-order chi connectivity index (χ1) is 7.13. The topological polar surface area (TPSA) is 71.3 Å². The van der Waals surface area contributed by atoms with Crippen LogP contribution in [0.2, 0.25) is 0 Å². The molecule has 0 aliphatic heterocycles. The number of nitrogens with one attached hydrogen (secondary N) is 1. The molecule has 0 atom stereocenters. The van der Waals surface area contributed by atoms with Gasteiger partial charge in [0.25, 0.3) is 0 Å². The van der Waals surface area contributed by atoms with Crippen molar-refractivity contribution in [1.82, 2.24) is 15.1 Å². The van der Waals surface area contributed by atoms with Crippen LogP contribution in [-0.4, -0.2) is 41.6 Å². The Bertz CT molecular complexity index is 326. The van der Waals surface area contributed by atoms with Crippen LogP contribution in [0.1, 0.15) is 12.3 Å². The van der Waals surface area contributed by atoms with E-state index < -0.39 is 0 Å². The number of rotatable bonds is 5. The first kappa shape index (κ1) is 11.8. The van der Waals surface area contributed by atoms with Crippen LogP contribution in [0.25, 0.3) is 0 Å². The lowest BCUT2D eigenvalue weighted by atomic mass is 10.4. The van der Waals surface area contributed by atoms with E-state index in [1.165, 1.54) is 4.90 Å². The highest BCUT2D eigenvalue weighted by atomic mass is 35.5. The molecule has 0 saturated carbocycles. The minimum Gasteiger partial charge on any atom is -0.407 e. The van der Waals surface area contributed by atoms with Crippen LogP contribution in [0.3, 0.4) is 0 Å². The molecule has 1 rings (SSSR count). The molecule has 0 radical (unpaired) electrons. The van der Waals surface area contributed by atoms with E-state index in [1.54, 1.807) is 14.1 Å². The summed E-state index contributed by atoms with van der Waals surface area (Å²) in [6, 6.07) is 0.289. The fourth-order valence-corrected chi connectivity index (χ4v) is 0.987. The Labute approximate surface area is 92.6 Å². The van der Waals surface area contributed by atoms with Crippen molar-refractivity contribution in [1.29, 1.82) is 0 Å². The number of carbonyl (C=O) groups is 1. The smallest absolute Gasteiger partial charge is 0.315 e. The number of amides is 1. The largest absolute Gasteiger partial charge is 0.407 e. The molecule has 6 nitrogen and oxygen atoms in total. The molecule has 1 heterocycles. The van der Waals surface area contributed by atoms with Crippen LogP contribution in [0.4, 0.5) is 6.01 Å². The van der Waals surface area contributed by atoms with Crippen molar-refractivity contribution in [2.24, 2.45) is 0 Å². The van der Waals surface area contributed by atoms with E-state index in [1.807, 2.05) is 0 Å². The zero-order valence-electron chi connectivity index (χ0n) is 8.66. The molecule has 0 spiro atoms. The Morgan fingerprint density at radius 3 is 2.80 bits per heavy atom. The van der Waals surface area contributed by atoms with Gasteiger partial charge in [0, 0.05) is 27.1 Å². The van der Waals surface area contributed by atoms with Gasteiger partial charge in [-0.15, -0.1) is 16.7 Å². The normalized spacial score (nSPS) is 10.1. The lowest BCUT2D eigenvalue weighted by Crippen LogP contribution is -2.23. The van der Waals surface area contributed by atoms with Gasteiger partial charge in [0.2, 0.25) is 11.8 Å². The van der Waals surface area contributed by atoms with Gasteiger partial charge in [-0.1, -0.05) is 5.10 Å². The Kier molecular flexibility index (Phi) is 4.36. The molecule has 0 aliphatic carbocycles. The van der Waals surface area contributed by atoms with Gasteiger partial charge in [-0.2, -0.15) is 0 Å². The Hall–Kier alpha value is -1.30. The molecule has 1 amide bonds. The highest BCUT2D eigenvalue weighted by Crippen LogP contribution is 2.07. The van der Waals surface area contributed by atoms with E-state index in [4.69, 9.17) is 16.0 Å². The SMILES string of the molecule is CN(C)C(=O)CCNc1nnc(CCl)o1. The number of hydrogen-bond acceptors (Lipinski definition) is 5. The van der Waals surface area contributed by atoms with Gasteiger partial charge in [0.1, 0.15) is 5.88 Å². The van der Waals surface area contributed by atoms with Crippen LogP contribution < -0.4 is 5.32 Å². The second kappa shape index (κ2) is 5.55. The highest BCUT2D eigenvalue weighted by Gasteiger charge is 2.06. The number of carbonyl (C=O) groups excluding carboxylic acids is 1. The van der Waals surface area contributed by atoms with Crippen LogP contribution >= 0.6 is 11.6 Å². The summed E-state index contributed by atoms with van der Waals surface area (Å²) in [5.74, 6) is 0.586. The third-order valence-corrected chi connectivity index (χ3v) is 1.92. The van der Waals surface area contributed by atoms with Crippen molar-refractivity contribution in [3.63, 3.8) is 0 Å². The second-order valence-electron chi connectivity index (χ2n) is 3.10. The zero-order valence-corrected chi connectivity index (χ0v) is 9.41. The molecule has 1 N–H and O–H groups in total. The summed E-state index contributed by atoms with van der Waals surface area (Å²) in [6.45, 7) is 0.459. The van der Waals surface area contributed by atoms with Gasteiger partial charge in [0.05, 0.1) is 0 Å². The summed E-state index contributed by atoms with van der Waals surface area (Å²) in [6.07, 6.45) is 0.381. The van der Waals surface area contributed by atoms with Crippen LogP contribution in [-0.2, 0) is 10.7 Å². The van der Waals surface area contributed by atoms with Gasteiger partial charge in [-0.25, -0.2) is 0 Å². The third kappa shape index (κ3) is 3.75. The molecule has 1 aromatic rings. The van der Waals surface area contributed by atoms with Crippen molar-refractivity contribution >= 4 is 23.5 Å². The van der Waals surface area contributed by atoms with Crippen molar-refractivity contribution in [2.45, 2.75) is 12.3 Å². The highest BCUT2D eigenvalue weighted by molar-refractivity contribution is 6.16. The molecule has 0 saturated heterocycles. The second-order valence-corrected chi connectivity index (χ2v) is 3.37. The van der Waals surface area contributed by atoms with Gasteiger partial charge in [0.15, 0.2) is 0 Å². The first-order valence-corrected chi connectivity index (χ1v) is 4.99. The summed E-state index contributed by atoms with van der Waals surface area (Å²) < 4.78 is 5.08. The minimum atomic E-state index is 0.0413. The van der Waals surface area contributed by atoms with E-state index in [2.05, 4.69) is 15.5 Å². The molecule has 0 aromatic carbocycles. The molecule has 84 valence electrons. The van der Waals surface area contributed by atoms with Crippen molar-refractivity contribution in [3.8, 4) is 0 Å². The summed E-state index contributed by atoms with van der Waals surface area (Å²) in [5, 5.41) is 10.2. The molecule has 1 aromatic heterocycles. The maximum absolute atomic E-state index is 11.2. The molecule has 0 bridgehead atoms. The van der Waals surface area contributed by atoms with Crippen LogP contribution in [0, 0.1) is 0 Å². The third-order valence-electron chi connectivity index (χ3n) is 1.70. The Balaban J connectivity index is 2.28. The maximum atomic E-state index is 11.2. The average Bonchev–Trinajstić information content (AvgIpc) is 2.65. The number of hydrogen-bond donors (Lipinski definition) is 1. The van der Waals surface area contributed by atoms with Crippen LogP contribution in [0.5, 0.6) is 0 Å². The number of alkyl halides is 1. The van der Waals surface area contributed by atoms with Crippen LogP contribution in [0.15, 0.2) is 4.42 Å². The lowest BCUT2D eigenvalue weighted by Gasteiger charge is -2.09. The fourth-order valence-electron chi connectivity index (χ4n) is 0.879. The Morgan fingerprint density at radius 1 is 1.53 bits per heavy atom. The molecule has 0 fully saturated rings. The molecule has 0 unspecified atom stereocenters. The summed E-state index contributed by atoms with van der Waals surface area (Å²) in [4.78, 5) is 12.7. The molecule has 7 heteroatoms. The average molecular weight is 233 g/mol. The summed E-state index contributed by atoms with van der Waals surface area (Å²) in [7, 11) is 3.42. The predicted octanol–water partition coefficient (Wildman–Crippen LogP) is 0.699. The van der Waals surface area contributed by atoms with Crippen molar-refractivity contribution in [3.05, 3.63) is 5.89 Å². The zero-order chi connectivity index (χ0) is 11.3. The first-order valence-electron chi connectivity index (χ1n) is 4.46. The monoisotopic (exact) mass is 232 g/mol. The van der Waals surface area contributed by atoms with Crippen molar-refractivity contribution in [2.75, 3.05) is 26.0 Å². The quantitative estimate of drug-likeness (QED) is 0.757. The predicted molar refractivity (Wildman–Crippen MR) is 55.7 cm³/mol. The van der Waals surface area contributed by atoms with Crippen molar-refractivity contribution < 1.29 is 9.21 Å². The summed E-state index contributed by atoms with van der Waals surface area (Å²) in [5.41, 5.74) is 0. The number of halogens is 1. The van der Waals surface area contributed by atoms with E-state index in [0.29, 0.717) is 18.9 Å².